The molecule has 2 aromatic heterocycles. The zero-order valence-electron chi connectivity index (χ0n) is 8.21. The summed E-state index contributed by atoms with van der Waals surface area (Å²) < 4.78 is 3.35. The lowest BCUT2D eigenvalue weighted by Crippen LogP contribution is -2.20. The van der Waals surface area contributed by atoms with Crippen molar-refractivity contribution in [3.63, 3.8) is 0 Å². The summed E-state index contributed by atoms with van der Waals surface area (Å²) in [5, 5.41) is 4.03. The summed E-state index contributed by atoms with van der Waals surface area (Å²) in [5.74, 6) is 0.496. The van der Waals surface area contributed by atoms with Gasteiger partial charge in [0.1, 0.15) is 5.82 Å². The molecule has 2 rings (SSSR count). The van der Waals surface area contributed by atoms with E-state index in [2.05, 4.69) is 5.10 Å². The average molecular weight is 204 g/mol. The molecule has 0 aromatic carbocycles. The van der Waals surface area contributed by atoms with Crippen LogP contribution in [0.4, 0.5) is 5.82 Å². The van der Waals surface area contributed by atoms with Gasteiger partial charge in [0, 0.05) is 25.0 Å². The summed E-state index contributed by atoms with van der Waals surface area (Å²) in [6.07, 6.45) is 3.55. The molecule has 2 heterocycles. The molecule has 78 valence electrons. The molecule has 0 atom stereocenters. The first-order chi connectivity index (χ1) is 7.25. The van der Waals surface area contributed by atoms with E-state index in [4.69, 9.17) is 5.73 Å². The van der Waals surface area contributed by atoms with E-state index in [0.717, 1.165) is 0 Å². The number of pyridine rings is 1. The first kappa shape index (κ1) is 9.51. The Morgan fingerprint density at radius 2 is 2.07 bits per heavy atom. The monoisotopic (exact) mass is 204 g/mol. The van der Waals surface area contributed by atoms with Crippen LogP contribution in [-0.2, 0) is 13.1 Å². The van der Waals surface area contributed by atoms with Crippen molar-refractivity contribution in [3.05, 3.63) is 47.0 Å². The third-order valence-corrected chi connectivity index (χ3v) is 2.13. The molecule has 0 amide bonds. The van der Waals surface area contributed by atoms with Crippen LogP contribution < -0.4 is 11.3 Å². The van der Waals surface area contributed by atoms with Gasteiger partial charge in [0.25, 0.3) is 5.56 Å². The number of nitrogen functional groups attached to an aromatic ring is 1. The van der Waals surface area contributed by atoms with Gasteiger partial charge in [-0.05, 0) is 12.1 Å². The summed E-state index contributed by atoms with van der Waals surface area (Å²) >= 11 is 0. The highest BCUT2D eigenvalue weighted by molar-refractivity contribution is 5.23. The van der Waals surface area contributed by atoms with Crippen molar-refractivity contribution in [1.29, 1.82) is 0 Å². The second kappa shape index (κ2) is 4.00. The minimum atomic E-state index is -0.00220. The van der Waals surface area contributed by atoms with Gasteiger partial charge in [-0.3, -0.25) is 9.48 Å². The predicted molar refractivity (Wildman–Crippen MR) is 57.3 cm³/mol. The van der Waals surface area contributed by atoms with Crippen LogP contribution in [0.25, 0.3) is 0 Å². The Labute approximate surface area is 86.8 Å². The Bertz CT molecular complexity index is 500. The molecule has 0 radical (unpaired) electrons. The molecule has 0 aliphatic rings. The standard InChI is InChI=1S/C10H12N4O/c11-9-4-6-14(12-9)8-7-13-5-2-1-3-10(13)15/h1-6H,7-8H2,(H2,11,12). The van der Waals surface area contributed by atoms with Crippen molar-refractivity contribution in [2.45, 2.75) is 13.1 Å². The maximum atomic E-state index is 11.4. The van der Waals surface area contributed by atoms with Crippen LogP contribution >= 0.6 is 0 Å². The fourth-order valence-electron chi connectivity index (χ4n) is 1.36. The van der Waals surface area contributed by atoms with Gasteiger partial charge in [0.2, 0.25) is 0 Å². The van der Waals surface area contributed by atoms with Crippen molar-refractivity contribution in [2.75, 3.05) is 5.73 Å². The summed E-state index contributed by atoms with van der Waals surface area (Å²) in [6.45, 7) is 1.24. The highest BCUT2D eigenvalue weighted by atomic mass is 16.1. The van der Waals surface area contributed by atoms with Crippen molar-refractivity contribution in [2.24, 2.45) is 0 Å². The smallest absolute Gasteiger partial charge is 0.250 e. The molecule has 0 aliphatic heterocycles. The molecule has 5 heteroatoms. The number of hydrogen-bond donors (Lipinski definition) is 1. The van der Waals surface area contributed by atoms with E-state index in [9.17, 15) is 4.79 Å². The maximum Gasteiger partial charge on any atom is 0.250 e. The van der Waals surface area contributed by atoms with Crippen molar-refractivity contribution in [3.8, 4) is 0 Å². The van der Waals surface area contributed by atoms with Crippen LogP contribution in [0.1, 0.15) is 0 Å². The minimum absolute atomic E-state index is 0.00220. The molecule has 2 aromatic rings. The molecule has 15 heavy (non-hydrogen) atoms. The average Bonchev–Trinajstić information content (AvgIpc) is 2.63. The van der Waals surface area contributed by atoms with Gasteiger partial charge in [-0.2, -0.15) is 5.10 Å². The van der Waals surface area contributed by atoms with E-state index in [0.29, 0.717) is 18.9 Å². The van der Waals surface area contributed by atoms with Crippen LogP contribution in [0.3, 0.4) is 0 Å². The van der Waals surface area contributed by atoms with Gasteiger partial charge < -0.3 is 10.3 Å². The third-order valence-electron chi connectivity index (χ3n) is 2.13. The Balaban J connectivity index is 2.05. The lowest BCUT2D eigenvalue weighted by Gasteiger charge is -2.04. The fourth-order valence-corrected chi connectivity index (χ4v) is 1.36. The Kier molecular flexibility index (Phi) is 2.53. The normalized spacial score (nSPS) is 10.4. The van der Waals surface area contributed by atoms with E-state index in [1.54, 1.807) is 33.8 Å². The molecule has 0 bridgehead atoms. The van der Waals surface area contributed by atoms with Crippen LogP contribution in [-0.4, -0.2) is 14.3 Å². The molecule has 0 fully saturated rings. The number of nitrogens with two attached hydrogens (primary N) is 1. The number of aryl methyl sites for hydroxylation is 2. The molecule has 0 unspecified atom stereocenters. The van der Waals surface area contributed by atoms with E-state index < -0.39 is 0 Å². The summed E-state index contributed by atoms with van der Waals surface area (Å²) in [7, 11) is 0. The molecular weight excluding hydrogens is 192 g/mol. The van der Waals surface area contributed by atoms with E-state index in [-0.39, 0.29) is 5.56 Å². The number of anilines is 1. The number of hydrogen-bond acceptors (Lipinski definition) is 3. The Morgan fingerprint density at radius 1 is 1.20 bits per heavy atom. The first-order valence-corrected chi connectivity index (χ1v) is 4.70. The van der Waals surface area contributed by atoms with Gasteiger partial charge in [0.15, 0.2) is 0 Å². The van der Waals surface area contributed by atoms with Crippen LogP contribution in [0.5, 0.6) is 0 Å². The number of aromatic nitrogens is 3. The molecule has 2 N–H and O–H groups in total. The van der Waals surface area contributed by atoms with Crippen LogP contribution in [0.2, 0.25) is 0 Å². The summed E-state index contributed by atoms with van der Waals surface area (Å²) in [5.41, 5.74) is 5.47. The summed E-state index contributed by atoms with van der Waals surface area (Å²) in [6, 6.07) is 6.83. The van der Waals surface area contributed by atoms with Crippen LogP contribution in [0.15, 0.2) is 41.5 Å². The number of rotatable bonds is 3. The molecule has 0 saturated carbocycles. The fraction of sp³-hybridized carbons (Fsp3) is 0.200. The quantitative estimate of drug-likeness (QED) is 0.783. The molecular formula is C10H12N4O. The van der Waals surface area contributed by atoms with E-state index in [1.165, 1.54) is 6.07 Å². The van der Waals surface area contributed by atoms with Crippen molar-refractivity contribution < 1.29 is 0 Å². The molecule has 0 aliphatic carbocycles. The second-order valence-corrected chi connectivity index (χ2v) is 3.24. The third kappa shape index (κ3) is 2.25. The van der Waals surface area contributed by atoms with E-state index >= 15 is 0 Å². The van der Waals surface area contributed by atoms with E-state index in [1.807, 2.05) is 6.07 Å². The number of nitrogens with zero attached hydrogens (tertiary/aromatic N) is 3. The molecule has 0 saturated heterocycles. The van der Waals surface area contributed by atoms with Crippen molar-refractivity contribution in [1.82, 2.24) is 14.3 Å². The predicted octanol–water partition coefficient (Wildman–Crippen LogP) is 0.327. The topological polar surface area (TPSA) is 65.8 Å². The highest BCUT2D eigenvalue weighted by Gasteiger charge is 1.96. The van der Waals surface area contributed by atoms with Crippen molar-refractivity contribution >= 4 is 5.82 Å². The van der Waals surface area contributed by atoms with Gasteiger partial charge >= 0.3 is 0 Å². The van der Waals surface area contributed by atoms with Gasteiger partial charge in [-0.25, -0.2) is 0 Å². The Hall–Kier alpha value is -2.04. The van der Waals surface area contributed by atoms with Gasteiger partial charge in [0.05, 0.1) is 6.54 Å². The SMILES string of the molecule is Nc1ccn(CCn2ccccc2=O)n1. The Morgan fingerprint density at radius 3 is 2.73 bits per heavy atom. The molecule has 0 spiro atoms. The summed E-state index contributed by atoms with van der Waals surface area (Å²) in [4.78, 5) is 11.4. The van der Waals surface area contributed by atoms with Crippen LogP contribution in [0, 0.1) is 0 Å². The zero-order chi connectivity index (χ0) is 10.7. The zero-order valence-corrected chi connectivity index (χ0v) is 8.21. The molecule has 5 nitrogen and oxygen atoms in total. The second-order valence-electron chi connectivity index (χ2n) is 3.24. The minimum Gasteiger partial charge on any atom is -0.382 e. The highest BCUT2D eigenvalue weighted by Crippen LogP contribution is 1.95. The lowest BCUT2D eigenvalue weighted by atomic mass is 10.4. The van der Waals surface area contributed by atoms with Gasteiger partial charge in [-0.1, -0.05) is 6.07 Å². The maximum absolute atomic E-state index is 11.4. The lowest BCUT2D eigenvalue weighted by molar-refractivity contribution is 0.525. The van der Waals surface area contributed by atoms with Gasteiger partial charge in [-0.15, -0.1) is 0 Å². The first-order valence-electron chi connectivity index (χ1n) is 4.70. The largest absolute Gasteiger partial charge is 0.382 e.